The quantitative estimate of drug-likeness (QED) is 0.748. The van der Waals surface area contributed by atoms with E-state index in [9.17, 15) is 9.18 Å². The molecule has 2 aromatic carbocycles. The van der Waals surface area contributed by atoms with Crippen molar-refractivity contribution in [2.45, 2.75) is 13.8 Å². The second kappa shape index (κ2) is 7.09. The van der Waals surface area contributed by atoms with Gasteiger partial charge in [0, 0.05) is 11.8 Å². The van der Waals surface area contributed by atoms with Gasteiger partial charge in [-0.2, -0.15) is 0 Å². The number of hydrogen-bond donors (Lipinski definition) is 2. The first-order valence-electron chi connectivity index (χ1n) is 7.77. The van der Waals surface area contributed by atoms with Gasteiger partial charge in [0.1, 0.15) is 23.2 Å². The zero-order valence-electron chi connectivity index (χ0n) is 13.9. The number of nitrogens with zero attached hydrogens (tertiary/aromatic N) is 2. The van der Waals surface area contributed by atoms with E-state index in [1.165, 1.54) is 18.2 Å². The van der Waals surface area contributed by atoms with E-state index in [0.717, 1.165) is 11.3 Å². The summed E-state index contributed by atoms with van der Waals surface area (Å²) in [6.07, 6.45) is 0. The molecule has 0 atom stereocenters. The fourth-order valence-electron chi connectivity index (χ4n) is 2.35. The van der Waals surface area contributed by atoms with Crippen LogP contribution in [0.1, 0.15) is 21.9 Å². The van der Waals surface area contributed by atoms with Crippen molar-refractivity contribution in [1.82, 2.24) is 9.97 Å². The predicted octanol–water partition coefficient (Wildman–Crippen LogP) is 4.23. The fourth-order valence-corrected chi connectivity index (χ4v) is 2.35. The third kappa shape index (κ3) is 3.98. The van der Waals surface area contributed by atoms with Crippen LogP contribution in [0.5, 0.6) is 0 Å². The van der Waals surface area contributed by atoms with Crippen LogP contribution >= 0.6 is 0 Å². The number of amides is 1. The Morgan fingerprint density at radius 2 is 1.64 bits per heavy atom. The van der Waals surface area contributed by atoms with Crippen LogP contribution in [-0.4, -0.2) is 15.9 Å². The lowest BCUT2D eigenvalue weighted by molar-refractivity contribution is 0.102. The summed E-state index contributed by atoms with van der Waals surface area (Å²) < 4.78 is 13.7. The van der Waals surface area contributed by atoms with E-state index >= 15 is 0 Å². The van der Waals surface area contributed by atoms with Gasteiger partial charge in [0.2, 0.25) is 0 Å². The van der Waals surface area contributed by atoms with Gasteiger partial charge in [-0.25, -0.2) is 14.4 Å². The minimum atomic E-state index is -0.500. The summed E-state index contributed by atoms with van der Waals surface area (Å²) in [5, 5.41) is 5.70. The molecule has 0 saturated heterocycles. The summed E-state index contributed by atoms with van der Waals surface area (Å²) in [6, 6.07) is 15.3. The number of hydrogen-bond acceptors (Lipinski definition) is 4. The minimum Gasteiger partial charge on any atom is -0.340 e. The van der Waals surface area contributed by atoms with Crippen LogP contribution in [0.25, 0.3) is 0 Å². The summed E-state index contributed by atoms with van der Waals surface area (Å²) in [4.78, 5) is 20.8. The van der Waals surface area contributed by atoms with Crippen LogP contribution in [-0.2, 0) is 0 Å². The summed E-state index contributed by atoms with van der Waals surface area (Å²) in [7, 11) is 0. The maximum Gasteiger partial charge on any atom is 0.274 e. The van der Waals surface area contributed by atoms with E-state index in [-0.39, 0.29) is 11.4 Å². The highest BCUT2D eigenvalue weighted by atomic mass is 19.1. The number of anilines is 3. The third-order valence-electron chi connectivity index (χ3n) is 3.60. The Kier molecular flexibility index (Phi) is 4.70. The molecule has 0 unspecified atom stereocenters. The van der Waals surface area contributed by atoms with E-state index in [0.29, 0.717) is 11.6 Å². The Morgan fingerprint density at radius 1 is 0.960 bits per heavy atom. The fraction of sp³-hybridized carbons (Fsp3) is 0.105. The minimum absolute atomic E-state index is 0.108. The van der Waals surface area contributed by atoms with Gasteiger partial charge in [-0.1, -0.05) is 30.3 Å². The van der Waals surface area contributed by atoms with Gasteiger partial charge in [-0.15, -0.1) is 0 Å². The summed E-state index contributed by atoms with van der Waals surface area (Å²) in [5.41, 5.74) is 2.21. The maximum absolute atomic E-state index is 13.7. The standard InChI is InChI=1S/C19H17FN4O/c1-12-7-3-5-9-15(12)23-18-11-17(21-13(2)22-18)19(25)24-16-10-6-4-8-14(16)20/h3-11H,1-2H3,(H,24,25)(H,21,22,23). The predicted molar refractivity (Wildman–Crippen MR) is 95.6 cm³/mol. The molecule has 126 valence electrons. The average molecular weight is 336 g/mol. The van der Waals surface area contributed by atoms with Crippen molar-refractivity contribution in [2.75, 3.05) is 10.6 Å². The first-order chi connectivity index (χ1) is 12.0. The van der Waals surface area contributed by atoms with Crippen molar-refractivity contribution < 1.29 is 9.18 Å². The number of aryl methyl sites for hydroxylation is 2. The molecule has 0 aliphatic heterocycles. The number of nitrogens with one attached hydrogen (secondary N) is 2. The van der Waals surface area contributed by atoms with E-state index in [4.69, 9.17) is 0 Å². The third-order valence-corrected chi connectivity index (χ3v) is 3.60. The van der Waals surface area contributed by atoms with Crippen molar-refractivity contribution in [1.29, 1.82) is 0 Å². The van der Waals surface area contributed by atoms with Crippen LogP contribution in [0.4, 0.5) is 21.6 Å². The number of carbonyl (C=O) groups excluding carboxylic acids is 1. The maximum atomic E-state index is 13.7. The molecular formula is C19H17FN4O. The number of aromatic nitrogens is 2. The van der Waals surface area contributed by atoms with Gasteiger partial charge in [-0.3, -0.25) is 4.79 Å². The second-order valence-electron chi connectivity index (χ2n) is 5.56. The molecule has 0 saturated carbocycles. The molecule has 0 aliphatic carbocycles. The zero-order chi connectivity index (χ0) is 17.8. The summed E-state index contributed by atoms with van der Waals surface area (Å²) in [5.74, 6) is -0.0546. The van der Waals surface area contributed by atoms with Crippen molar-refractivity contribution >= 4 is 23.1 Å². The first kappa shape index (κ1) is 16.6. The molecule has 0 radical (unpaired) electrons. The van der Waals surface area contributed by atoms with Gasteiger partial charge in [0.05, 0.1) is 5.69 Å². The lowest BCUT2D eigenvalue weighted by Gasteiger charge is -2.11. The Bertz CT molecular complexity index is 927. The molecule has 2 N–H and O–H groups in total. The van der Waals surface area contributed by atoms with Crippen LogP contribution < -0.4 is 10.6 Å². The molecule has 0 bridgehead atoms. The largest absolute Gasteiger partial charge is 0.340 e. The number of rotatable bonds is 4. The first-order valence-corrected chi connectivity index (χ1v) is 7.77. The number of halogens is 1. The molecule has 1 amide bonds. The Labute approximate surface area is 145 Å². The molecule has 6 heteroatoms. The van der Waals surface area contributed by atoms with Gasteiger partial charge in [0.25, 0.3) is 5.91 Å². The van der Waals surface area contributed by atoms with Crippen LogP contribution in [0.15, 0.2) is 54.6 Å². The number of para-hydroxylation sites is 2. The Balaban J connectivity index is 1.85. The second-order valence-corrected chi connectivity index (χ2v) is 5.56. The highest BCUT2D eigenvalue weighted by Crippen LogP contribution is 2.20. The number of carbonyl (C=O) groups is 1. The van der Waals surface area contributed by atoms with Crippen molar-refractivity contribution in [3.05, 3.63) is 77.5 Å². The molecule has 5 nitrogen and oxygen atoms in total. The lowest BCUT2D eigenvalue weighted by Crippen LogP contribution is -2.16. The summed E-state index contributed by atoms with van der Waals surface area (Å²) in [6.45, 7) is 3.67. The Morgan fingerprint density at radius 3 is 2.36 bits per heavy atom. The van der Waals surface area contributed by atoms with Gasteiger partial charge < -0.3 is 10.6 Å². The highest BCUT2D eigenvalue weighted by Gasteiger charge is 2.13. The SMILES string of the molecule is Cc1nc(Nc2ccccc2C)cc(C(=O)Nc2ccccc2F)n1. The van der Waals surface area contributed by atoms with Crippen molar-refractivity contribution in [2.24, 2.45) is 0 Å². The molecule has 1 aromatic heterocycles. The highest BCUT2D eigenvalue weighted by molar-refractivity contribution is 6.03. The van der Waals surface area contributed by atoms with Crippen LogP contribution in [0, 0.1) is 19.7 Å². The molecule has 3 rings (SSSR count). The molecule has 0 spiro atoms. The zero-order valence-corrected chi connectivity index (χ0v) is 13.9. The molecule has 1 heterocycles. The van der Waals surface area contributed by atoms with E-state index in [1.807, 2.05) is 31.2 Å². The van der Waals surface area contributed by atoms with Crippen LogP contribution in [0.3, 0.4) is 0 Å². The van der Waals surface area contributed by atoms with E-state index in [1.54, 1.807) is 19.1 Å². The summed E-state index contributed by atoms with van der Waals surface area (Å²) >= 11 is 0. The number of benzene rings is 2. The van der Waals surface area contributed by atoms with E-state index < -0.39 is 11.7 Å². The molecule has 3 aromatic rings. The average Bonchev–Trinajstić information content (AvgIpc) is 2.58. The van der Waals surface area contributed by atoms with Gasteiger partial charge in [-0.05, 0) is 37.6 Å². The monoisotopic (exact) mass is 336 g/mol. The topological polar surface area (TPSA) is 66.9 Å². The lowest BCUT2D eigenvalue weighted by atomic mass is 10.2. The van der Waals surface area contributed by atoms with Crippen molar-refractivity contribution in [3.63, 3.8) is 0 Å². The molecule has 25 heavy (non-hydrogen) atoms. The molecule has 0 fully saturated rings. The van der Waals surface area contributed by atoms with Gasteiger partial charge in [0.15, 0.2) is 0 Å². The Hall–Kier alpha value is -3.28. The smallest absolute Gasteiger partial charge is 0.274 e. The molecular weight excluding hydrogens is 319 g/mol. The normalized spacial score (nSPS) is 10.4. The van der Waals surface area contributed by atoms with Crippen molar-refractivity contribution in [3.8, 4) is 0 Å². The van der Waals surface area contributed by atoms with Gasteiger partial charge >= 0.3 is 0 Å². The van der Waals surface area contributed by atoms with Crippen LogP contribution in [0.2, 0.25) is 0 Å². The molecule has 0 aliphatic rings. The van der Waals surface area contributed by atoms with E-state index in [2.05, 4.69) is 20.6 Å².